The molecule has 3 unspecified atom stereocenters. The Morgan fingerprint density at radius 2 is 0.833 bits per heavy atom. The topological polar surface area (TPSA) is 86.8 Å². The zero-order valence-corrected chi connectivity index (χ0v) is 55.1. The van der Waals surface area contributed by atoms with E-state index in [0.29, 0.717) is 6.29 Å². The number of fused-ring (bicyclic) bond motifs is 3. The number of anilines is 4. The van der Waals surface area contributed by atoms with E-state index in [1.807, 2.05) is 60.7 Å². The molecule has 8 aromatic carbocycles. The first-order valence-corrected chi connectivity index (χ1v) is 34.3. The summed E-state index contributed by atoms with van der Waals surface area (Å²) in [6, 6.07) is 54.0. The van der Waals surface area contributed by atoms with Crippen LogP contribution in [0.3, 0.4) is 0 Å². The van der Waals surface area contributed by atoms with Crippen LogP contribution >= 0.6 is 22.2 Å². The van der Waals surface area contributed by atoms with Crippen molar-refractivity contribution < 1.29 is 32.8 Å². The minimum absolute atomic E-state index is 0.192. The molecule has 0 aliphatic carbocycles. The average molecular weight is 1180 g/mol. The maximum Gasteiger partial charge on any atom is 0.141 e. The third kappa shape index (κ3) is 11.5. The van der Waals surface area contributed by atoms with Gasteiger partial charge in [0.2, 0.25) is 0 Å². The molecule has 0 saturated heterocycles. The summed E-state index contributed by atoms with van der Waals surface area (Å²) in [5, 5.41) is 3.10. The molecule has 3 atom stereocenters. The number of hydrogen-bond acceptors (Lipinski definition) is 9. The quantitative estimate of drug-likeness (QED) is 0.124. The Kier molecular flexibility index (Phi) is 17.9. The first-order chi connectivity index (χ1) is 39.8. The number of nitrogens with zero attached hydrogens (tertiary/aromatic N) is 2. The summed E-state index contributed by atoms with van der Waals surface area (Å²) < 4.78 is 56.5. The summed E-state index contributed by atoms with van der Waals surface area (Å²) in [6.45, 7) is 26.0. The van der Waals surface area contributed by atoms with E-state index < -0.39 is 22.2 Å². The van der Waals surface area contributed by atoms with E-state index in [-0.39, 0.29) is 15.5 Å². The molecule has 3 aliphatic rings. The second-order valence-electron chi connectivity index (χ2n) is 25.0. The highest BCUT2D eigenvalue weighted by atomic mass is 31.2. The minimum Gasteiger partial charge on any atom is -0.497 e. The molecule has 84 heavy (non-hydrogen) atoms. The number of ether oxygens (including phenoxy) is 5. The lowest BCUT2D eigenvalue weighted by atomic mass is 9.97. The Morgan fingerprint density at radius 3 is 1.27 bits per heavy atom. The van der Waals surface area contributed by atoms with Gasteiger partial charge < -0.3 is 42.6 Å². The number of hydrogen-bond donors (Lipinski definition) is 0. The van der Waals surface area contributed by atoms with Gasteiger partial charge in [0.05, 0.1) is 47.5 Å². The zero-order chi connectivity index (χ0) is 60.7. The predicted molar refractivity (Wildman–Crippen MR) is 358 cm³/mol. The summed E-state index contributed by atoms with van der Waals surface area (Å²) in [5.74, 6) is 4.29. The molecule has 0 N–H and O–H groups in total. The highest BCUT2D eigenvalue weighted by molar-refractivity contribution is 7.74. The summed E-state index contributed by atoms with van der Waals surface area (Å²) >= 11 is 0. The first kappa shape index (κ1) is 61.8. The minimum atomic E-state index is -2.80. The molecular weight excluding hydrogens is 1100 g/mol. The Hall–Kier alpha value is -6.75. The van der Waals surface area contributed by atoms with Crippen molar-refractivity contribution in [2.75, 3.05) is 64.1 Å². The van der Waals surface area contributed by atoms with E-state index >= 15 is 0 Å². The lowest BCUT2D eigenvalue weighted by Crippen LogP contribution is -2.24. The molecule has 8 aromatic rings. The molecule has 0 spiro atoms. The second kappa shape index (κ2) is 24.3. The molecule has 0 amide bonds. The highest BCUT2D eigenvalue weighted by Gasteiger charge is 2.49. The van der Waals surface area contributed by atoms with Crippen LogP contribution in [0, 0.1) is 20.8 Å². The Labute approximate surface area is 502 Å². The zero-order valence-electron chi connectivity index (χ0n) is 52.4. The van der Waals surface area contributed by atoms with Crippen LogP contribution in [-0.2, 0) is 15.6 Å². The molecule has 9 nitrogen and oxygen atoms in total. The summed E-state index contributed by atoms with van der Waals surface area (Å²) in [6.07, 6.45) is 3.18. The van der Waals surface area contributed by atoms with Crippen LogP contribution in [0.2, 0.25) is 0 Å². The molecule has 440 valence electrons. The van der Waals surface area contributed by atoms with E-state index in [0.717, 1.165) is 103 Å². The first-order valence-electron chi connectivity index (χ1n) is 29.0. The fraction of sp³-hybridized carbons (Fsp3) is 0.333. The molecule has 3 aliphatic heterocycles. The van der Waals surface area contributed by atoms with Crippen LogP contribution in [0.15, 0.2) is 158 Å². The molecule has 0 saturated carbocycles. The highest BCUT2D eigenvalue weighted by Crippen LogP contribution is 2.66. The molecule has 0 fully saturated rings. The van der Waals surface area contributed by atoms with Crippen LogP contribution in [-0.4, -0.2) is 69.8 Å². The van der Waals surface area contributed by atoms with Gasteiger partial charge in [-0.2, -0.15) is 0 Å². The van der Waals surface area contributed by atoms with Gasteiger partial charge in [-0.15, -0.1) is 0 Å². The molecular formula is C72H85N2O7P3. The van der Waals surface area contributed by atoms with Crippen LogP contribution in [0.5, 0.6) is 28.7 Å². The lowest BCUT2D eigenvalue weighted by molar-refractivity contribution is 0.414. The fourth-order valence-electron chi connectivity index (χ4n) is 12.2. The third-order valence-corrected chi connectivity index (χ3v) is 28.5. The van der Waals surface area contributed by atoms with E-state index in [2.05, 4.69) is 190 Å². The maximum atomic E-state index is 14.8. The molecule has 12 heteroatoms. The van der Waals surface area contributed by atoms with Crippen molar-refractivity contribution in [1.82, 2.24) is 0 Å². The van der Waals surface area contributed by atoms with Gasteiger partial charge in [0, 0.05) is 72.4 Å². The van der Waals surface area contributed by atoms with Crippen LogP contribution in [0.4, 0.5) is 22.7 Å². The largest absolute Gasteiger partial charge is 0.497 e. The fourth-order valence-corrected chi connectivity index (χ4v) is 21.4. The molecule has 0 bridgehead atoms. The summed E-state index contributed by atoms with van der Waals surface area (Å²) in [4.78, 5) is 4.66. The van der Waals surface area contributed by atoms with Crippen molar-refractivity contribution in [2.45, 2.75) is 105 Å². The van der Waals surface area contributed by atoms with Crippen molar-refractivity contribution in [1.29, 1.82) is 0 Å². The van der Waals surface area contributed by atoms with Gasteiger partial charge in [0.1, 0.15) is 43.0 Å². The van der Waals surface area contributed by atoms with Gasteiger partial charge in [-0.3, -0.25) is 0 Å². The van der Waals surface area contributed by atoms with E-state index in [1.54, 1.807) is 35.5 Å². The van der Waals surface area contributed by atoms with Crippen LogP contribution < -0.4 is 49.4 Å². The third-order valence-electron chi connectivity index (χ3n) is 17.0. The SMILES string of the molecule is COc1ccc(N2CP(=O)(C(C)(C)C)c3c(-c4c(C)cccc4OC)cccc32)cc1.COc1ccc(N2CP(C(C)(C)C)c3c(-c4c(C)cccc4OC)cccc32)cc1.COc1cccc(C)c1-c1cccc2c1P(=O)(C(C)(C)C)CC2. The van der Waals surface area contributed by atoms with Gasteiger partial charge in [-0.05, 0) is 158 Å². The van der Waals surface area contributed by atoms with Gasteiger partial charge in [-0.25, -0.2) is 0 Å². The summed E-state index contributed by atoms with van der Waals surface area (Å²) in [5.41, 5.74) is 16.0. The lowest BCUT2D eigenvalue weighted by Gasteiger charge is -2.30. The van der Waals surface area contributed by atoms with E-state index in [9.17, 15) is 9.13 Å². The van der Waals surface area contributed by atoms with Crippen molar-refractivity contribution >= 4 is 60.9 Å². The second-order valence-corrected chi connectivity index (χ2v) is 35.2. The molecule has 0 aromatic heterocycles. The van der Waals surface area contributed by atoms with E-state index in [4.69, 9.17) is 23.7 Å². The maximum absolute atomic E-state index is 14.8. The Bertz CT molecular complexity index is 3800. The Balaban J connectivity index is 0.000000153. The van der Waals surface area contributed by atoms with Crippen LogP contribution in [0.1, 0.15) is 84.6 Å². The van der Waals surface area contributed by atoms with Crippen molar-refractivity contribution in [2.24, 2.45) is 0 Å². The normalized spacial score (nSPS) is 17.9. The van der Waals surface area contributed by atoms with Crippen LogP contribution in [0.25, 0.3) is 33.4 Å². The smallest absolute Gasteiger partial charge is 0.141 e. The number of rotatable bonds is 10. The number of benzene rings is 8. The number of methoxy groups -OCH3 is 5. The molecule has 11 rings (SSSR count). The van der Waals surface area contributed by atoms with Crippen molar-refractivity contribution in [3.63, 3.8) is 0 Å². The standard InChI is InChI=1S/C26H30NO3P.C26H30NO2P.C20H25O2P/c1-18-9-7-12-23(30-6)24(18)21-10-8-11-22-25(21)31(28,26(2,3)4)17-27(22)19-13-15-20(29-5)16-14-19;1-18-9-7-12-23(29-6)24(18)21-10-8-11-22-25(21)30(26(2,3)4)17-27(22)19-13-15-20(28-5)16-14-19;1-14-8-6-11-17(22-5)18(14)16-10-7-9-15-12-13-23(21,19(15)16)20(2,3)4/h7-16H,17H2,1-6H3;7-16H,17H2,1-6H3;6-11H,12-13H2,1-5H3. The Morgan fingerprint density at radius 1 is 0.429 bits per heavy atom. The van der Waals surface area contributed by atoms with Gasteiger partial charge in [-0.1, -0.05) is 141 Å². The van der Waals surface area contributed by atoms with Gasteiger partial charge in [0.15, 0.2) is 0 Å². The molecule has 3 heterocycles. The monoisotopic (exact) mass is 1180 g/mol. The summed E-state index contributed by atoms with van der Waals surface area (Å²) in [7, 11) is 2.86. The van der Waals surface area contributed by atoms with Crippen molar-refractivity contribution in [3.05, 3.63) is 180 Å². The van der Waals surface area contributed by atoms with Crippen molar-refractivity contribution in [3.8, 4) is 62.1 Å². The van der Waals surface area contributed by atoms with E-state index in [1.165, 1.54) is 38.9 Å². The van der Waals surface area contributed by atoms with Gasteiger partial charge in [0.25, 0.3) is 0 Å². The van der Waals surface area contributed by atoms with Gasteiger partial charge >= 0.3 is 0 Å². The number of aryl methyl sites for hydroxylation is 4. The average Bonchev–Trinajstić information content (AvgIpc) is 2.10. The predicted octanol–water partition coefficient (Wildman–Crippen LogP) is 18.3. The molecule has 0 radical (unpaired) electrons.